The summed E-state index contributed by atoms with van der Waals surface area (Å²) in [6.07, 6.45) is 12.8. The van der Waals surface area contributed by atoms with E-state index in [0.717, 1.165) is 52.1 Å². The number of aromatic nitrogens is 2. The van der Waals surface area contributed by atoms with Gasteiger partial charge in [-0.3, -0.25) is 9.80 Å². The highest BCUT2D eigenvalue weighted by atomic mass is 15.1. The summed E-state index contributed by atoms with van der Waals surface area (Å²) in [6, 6.07) is 48.9. The van der Waals surface area contributed by atoms with Crippen LogP contribution in [0.25, 0.3) is 27.9 Å². The van der Waals surface area contributed by atoms with Crippen molar-refractivity contribution >= 4 is 27.9 Å². The summed E-state index contributed by atoms with van der Waals surface area (Å²) in [6.45, 7) is 9.72. The van der Waals surface area contributed by atoms with Crippen molar-refractivity contribution < 1.29 is 0 Å². The lowest BCUT2D eigenvalue weighted by Crippen LogP contribution is -2.25. The predicted octanol–water partition coefficient (Wildman–Crippen LogP) is 10.3. The summed E-state index contributed by atoms with van der Waals surface area (Å²) in [5.41, 5.74) is 9.17. The number of benzene rings is 5. The Bertz CT molecular complexity index is 2040. The molecule has 2 N–H and O–H groups in total. The van der Waals surface area contributed by atoms with E-state index in [9.17, 15) is 0 Å². The predicted molar refractivity (Wildman–Crippen MR) is 213 cm³/mol. The lowest BCUT2D eigenvalue weighted by molar-refractivity contribution is 0.299. The molecular weight excluding hydrogens is 609 g/mol. The molecule has 0 aliphatic heterocycles. The van der Waals surface area contributed by atoms with Gasteiger partial charge in [0.25, 0.3) is 0 Å². The first-order chi connectivity index (χ1) is 24.7. The van der Waals surface area contributed by atoms with Crippen molar-refractivity contribution in [1.29, 1.82) is 0 Å². The molecule has 2 aromatic heterocycles. The van der Waals surface area contributed by atoms with Crippen molar-refractivity contribution in [3.8, 4) is 0 Å². The zero-order valence-corrected chi connectivity index (χ0v) is 28.9. The van der Waals surface area contributed by atoms with Crippen LogP contribution in [0.15, 0.2) is 171 Å². The molecule has 5 aromatic carbocycles. The molecule has 0 spiro atoms. The van der Waals surface area contributed by atoms with Gasteiger partial charge in [0.2, 0.25) is 0 Å². The molecule has 0 fully saturated rings. The number of hydrogen-bond acceptors (Lipinski definition) is 2. The van der Waals surface area contributed by atoms with Crippen LogP contribution >= 0.6 is 0 Å². The number of fused-ring (bicyclic) bond motifs is 2. The maximum absolute atomic E-state index is 3.89. The van der Waals surface area contributed by atoms with Gasteiger partial charge in [-0.25, -0.2) is 0 Å². The van der Waals surface area contributed by atoms with Crippen LogP contribution in [-0.2, 0) is 25.9 Å². The maximum Gasteiger partial charge on any atom is 0.0456 e. The zero-order chi connectivity index (χ0) is 34.2. The summed E-state index contributed by atoms with van der Waals surface area (Å²) in [5.74, 6) is 0. The highest BCUT2D eigenvalue weighted by molar-refractivity contribution is 5.83. The fraction of sp³-hybridized carbons (Fsp3) is 0.174. The number of rotatable bonds is 15. The molecule has 0 bridgehead atoms. The minimum Gasteiger partial charge on any atom is -0.361 e. The van der Waals surface area contributed by atoms with E-state index in [1.807, 2.05) is 6.08 Å². The molecule has 0 radical (unpaired) electrons. The molecule has 4 nitrogen and oxygen atoms in total. The van der Waals surface area contributed by atoms with Crippen LogP contribution in [0.4, 0.5) is 0 Å². The molecule has 0 aliphatic carbocycles. The van der Waals surface area contributed by atoms with E-state index in [1.54, 1.807) is 0 Å². The molecule has 252 valence electrons. The second-order valence-corrected chi connectivity index (χ2v) is 12.8. The van der Waals surface area contributed by atoms with Crippen LogP contribution in [0.5, 0.6) is 0 Å². The average Bonchev–Trinajstić information content (AvgIpc) is 3.78. The largest absolute Gasteiger partial charge is 0.361 e. The normalized spacial score (nSPS) is 11.4. The lowest BCUT2D eigenvalue weighted by Gasteiger charge is -2.21. The Morgan fingerprint density at radius 2 is 0.940 bits per heavy atom. The van der Waals surface area contributed by atoms with Crippen molar-refractivity contribution in [2.45, 2.75) is 25.9 Å². The van der Waals surface area contributed by atoms with Gasteiger partial charge in [-0.1, -0.05) is 146 Å². The number of H-pyrrole nitrogens is 2. The Labute approximate surface area is 297 Å². The van der Waals surface area contributed by atoms with Gasteiger partial charge in [0.15, 0.2) is 0 Å². The van der Waals surface area contributed by atoms with Crippen LogP contribution in [0.1, 0.15) is 27.8 Å². The van der Waals surface area contributed by atoms with E-state index < -0.39 is 0 Å². The molecular formula is C46H48N4. The lowest BCUT2D eigenvalue weighted by atomic mass is 10.1. The second kappa shape index (κ2) is 18.4. The molecule has 7 rings (SSSR count). The van der Waals surface area contributed by atoms with Gasteiger partial charge >= 0.3 is 0 Å². The van der Waals surface area contributed by atoms with Crippen LogP contribution < -0.4 is 0 Å². The number of nitrogens with one attached hydrogen (secondary N) is 2. The van der Waals surface area contributed by atoms with Crippen LogP contribution in [0.3, 0.4) is 0 Å². The monoisotopic (exact) mass is 656 g/mol. The van der Waals surface area contributed by atoms with E-state index >= 15 is 0 Å². The minimum atomic E-state index is 0.914. The van der Waals surface area contributed by atoms with Gasteiger partial charge in [0.05, 0.1) is 0 Å². The molecule has 0 unspecified atom stereocenters. The van der Waals surface area contributed by atoms with Gasteiger partial charge in [0, 0.05) is 73.5 Å². The third kappa shape index (κ3) is 10.1. The smallest absolute Gasteiger partial charge is 0.0456 e. The fourth-order valence-electron chi connectivity index (χ4n) is 6.47. The van der Waals surface area contributed by atoms with Crippen LogP contribution in [-0.4, -0.2) is 45.9 Å². The quantitative estimate of drug-likeness (QED) is 0.108. The molecule has 7 aromatic rings. The van der Waals surface area contributed by atoms with Crippen LogP contribution in [0, 0.1) is 0 Å². The number of para-hydroxylation sites is 2. The number of hydrogen-bond donors (Lipinski definition) is 2. The Morgan fingerprint density at radius 1 is 0.500 bits per heavy atom. The first kappa shape index (κ1) is 34.4. The van der Waals surface area contributed by atoms with E-state index in [2.05, 4.69) is 190 Å². The molecule has 2 heterocycles. The highest BCUT2D eigenvalue weighted by Gasteiger charge is 2.09. The molecule has 0 aliphatic rings. The van der Waals surface area contributed by atoms with Crippen molar-refractivity contribution in [3.05, 3.63) is 198 Å². The molecule has 0 atom stereocenters. The third-order valence-corrected chi connectivity index (χ3v) is 9.10. The van der Waals surface area contributed by atoms with Gasteiger partial charge in [-0.05, 0) is 52.8 Å². The van der Waals surface area contributed by atoms with Crippen LogP contribution in [0.2, 0.25) is 0 Å². The van der Waals surface area contributed by atoms with Crippen molar-refractivity contribution in [2.75, 3.05) is 26.2 Å². The van der Waals surface area contributed by atoms with Gasteiger partial charge in [0.1, 0.15) is 0 Å². The van der Waals surface area contributed by atoms with E-state index in [-0.39, 0.29) is 0 Å². The van der Waals surface area contributed by atoms with Crippen molar-refractivity contribution in [3.63, 3.8) is 0 Å². The second-order valence-electron chi connectivity index (χ2n) is 12.8. The SMILES string of the molecule is C(=C\c1ccccc1)/CN(CCc1c[nH]c2ccccc12)Cc1ccccc1.C=CCN(CCc1c[nH]c2ccccc12)Cc1ccccc1. The number of aromatic amines is 2. The fourth-order valence-corrected chi connectivity index (χ4v) is 6.47. The topological polar surface area (TPSA) is 38.1 Å². The summed E-state index contributed by atoms with van der Waals surface area (Å²) in [7, 11) is 0. The molecule has 0 saturated carbocycles. The Morgan fingerprint density at radius 3 is 1.44 bits per heavy atom. The Balaban J connectivity index is 0.000000178. The zero-order valence-electron chi connectivity index (χ0n) is 28.9. The summed E-state index contributed by atoms with van der Waals surface area (Å²) in [4.78, 5) is 11.7. The average molecular weight is 657 g/mol. The number of nitrogens with zero attached hydrogens (tertiary/aromatic N) is 2. The van der Waals surface area contributed by atoms with Crippen molar-refractivity contribution in [2.24, 2.45) is 0 Å². The van der Waals surface area contributed by atoms with E-state index in [1.165, 1.54) is 49.6 Å². The van der Waals surface area contributed by atoms with Gasteiger partial charge in [-0.2, -0.15) is 0 Å². The summed E-state index contributed by atoms with van der Waals surface area (Å²) in [5, 5.41) is 2.67. The maximum atomic E-state index is 3.89. The minimum absolute atomic E-state index is 0.914. The van der Waals surface area contributed by atoms with E-state index in [0.29, 0.717) is 0 Å². The van der Waals surface area contributed by atoms with Gasteiger partial charge in [-0.15, -0.1) is 6.58 Å². The Hall–Kier alpha value is -5.42. The van der Waals surface area contributed by atoms with Gasteiger partial charge < -0.3 is 9.97 Å². The highest BCUT2D eigenvalue weighted by Crippen LogP contribution is 2.20. The standard InChI is InChI=1S/C26H26N2.C20H22N2/c1-3-10-22(11-4-1)14-9-18-28(21-23-12-5-2-6-13-23)19-17-24-20-27-26-16-8-7-15-25(24)26;1-2-13-22(16-17-8-4-3-5-9-17)14-12-18-15-21-20-11-7-6-10-19(18)20/h1-16,20,27H,17-19,21H2;2-11,15,21H,1,12-14,16H2/b14-9+;. The first-order valence-electron chi connectivity index (χ1n) is 17.7. The third-order valence-electron chi connectivity index (χ3n) is 9.10. The Kier molecular flexibility index (Phi) is 12.7. The van der Waals surface area contributed by atoms with Crippen molar-refractivity contribution in [1.82, 2.24) is 19.8 Å². The molecule has 0 amide bonds. The van der Waals surface area contributed by atoms with E-state index in [4.69, 9.17) is 0 Å². The molecule has 4 heteroatoms. The first-order valence-corrected chi connectivity index (χ1v) is 17.7. The molecule has 0 saturated heterocycles. The molecule has 50 heavy (non-hydrogen) atoms. The summed E-state index contributed by atoms with van der Waals surface area (Å²) >= 11 is 0. The summed E-state index contributed by atoms with van der Waals surface area (Å²) < 4.78 is 0.